The van der Waals surface area contributed by atoms with Crippen LogP contribution in [0.15, 0.2) is 29.3 Å². The van der Waals surface area contributed by atoms with Gasteiger partial charge in [-0.1, -0.05) is 0 Å². The summed E-state index contributed by atoms with van der Waals surface area (Å²) >= 11 is 5.57. The van der Waals surface area contributed by atoms with Crippen LogP contribution in [0.2, 0.25) is 0 Å². The summed E-state index contributed by atoms with van der Waals surface area (Å²) in [6.07, 6.45) is 3.68. The lowest BCUT2D eigenvalue weighted by Crippen LogP contribution is -2.25. The van der Waals surface area contributed by atoms with Gasteiger partial charge in [0, 0.05) is 6.61 Å². The molecule has 19 heavy (non-hydrogen) atoms. The SMILES string of the molecule is NC(CCl)=Nc1ccc(OCC2CCCCO2)cc1. The summed E-state index contributed by atoms with van der Waals surface area (Å²) in [7, 11) is 0. The molecule has 4 nitrogen and oxygen atoms in total. The highest BCUT2D eigenvalue weighted by Gasteiger charge is 2.14. The highest BCUT2D eigenvalue weighted by molar-refractivity contribution is 6.28. The van der Waals surface area contributed by atoms with Gasteiger partial charge in [-0.15, -0.1) is 11.6 Å². The third-order valence-electron chi connectivity index (χ3n) is 2.96. The third-order valence-corrected chi connectivity index (χ3v) is 3.23. The standard InChI is InChI=1S/C14H19ClN2O2/c15-9-14(16)17-11-4-6-12(7-5-11)19-10-13-3-1-2-8-18-13/h4-7,13H,1-3,8-10H2,(H2,16,17). The highest BCUT2D eigenvalue weighted by Crippen LogP contribution is 2.20. The molecule has 1 aromatic rings. The molecule has 0 aromatic heterocycles. The van der Waals surface area contributed by atoms with Crippen molar-refractivity contribution in [2.45, 2.75) is 25.4 Å². The zero-order valence-corrected chi connectivity index (χ0v) is 11.6. The largest absolute Gasteiger partial charge is 0.491 e. The zero-order chi connectivity index (χ0) is 13.5. The van der Waals surface area contributed by atoms with E-state index < -0.39 is 0 Å². The number of ether oxygens (including phenoxy) is 2. The van der Waals surface area contributed by atoms with Gasteiger partial charge in [-0.05, 0) is 43.5 Å². The molecule has 0 aliphatic carbocycles. The molecular weight excluding hydrogens is 264 g/mol. The molecule has 1 aliphatic heterocycles. The quantitative estimate of drug-likeness (QED) is 0.513. The number of rotatable bonds is 5. The van der Waals surface area contributed by atoms with E-state index in [1.54, 1.807) is 0 Å². The maximum atomic E-state index is 5.70. The number of hydrogen-bond acceptors (Lipinski definition) is 3. The van der Waals surface area contributed by atoms with Gasteiger partial charge >= 0.3 is 0 Å². The molecule has 0 saturated carbocycles. The Balaban J connectivity index is 1.84. The summed E-state index contributed by atoms with van der Waals surface area (Å²) in [5.74, 6) is 1.46. The number of alkyl halides is 1. The van der Waals surface area contributed by atoms with Gasteiger partial charge < -0.3 is 15.2 Å². The van der Waals surface area contributed by atoms with Crippen molar-refractivity contribution in [3.63, 3.8) is 0 Å². The molecule has 1 heterocycles. The summed E-state index contributed by atoms with van der Waals surface area (Å²) in [6.45, 7) is 1.45. The van der Waals surface area contributed by atoms with E-state index in [1.807, 2.05) is 24.3 Å². The van der Waals surface area contributed by atoms with Crippen LogP contribution in [0.1, 0.15) is 19.3 Å². The average Bonchev–Trinajstić information content (AvgIpc) is 2.47. The van der Waals surface area contributed by atoms with Crippen molar-refractivity contribution in [1.29, 1.82) is 0 Å². The van der Waals surface area contributed by atoms with Gasteiger partial charge in [-0.3, -0.25) is 0 Å². The fraction of sp³-hybridized carbons (Fsp3) is 0.500. The van der Waals surface area contributed by atoms with E-state index >= 15 is 0 Å². The molecule has 1 atom stereocenters. The summed E-state index contributed by atoms with van der Waals surface area (Å²) in [4.78, 5) is 4.15. The van der Waals surface area contributed by atoms with E-state index in [2.05, 4.69) is 4.99 Å². The molecule has 1 saturated heterocycles. The molecule has 5 heteroatoms. The Labute approximate surface area is 118 Å². The van der Waals surface area contributed by atoms with Crippen molar-refractivity contribution in [2.75, 3.05) is 19.1 Å². The maximum Gasteiger partial charge on any atom is 0.119 e. The van der Waals surface area contributed by atoms with E-state index in [-0.39, 0.29) is 12.0 Å². The molecule has 104 valence electrons. The van der Waals surface area contributed by atoms with Gasteiger partial charge in [0.25, 0.3) is 0 Å². The Kier molecular flexibility index (Phi) is 5.48. The monoisotopic (exact) mass is 282 g/mol. The normalized spacial score (nSPS) is 20.3. The summed E-state index contributed by atoms with van der Waals surface area (Å²) in [5, 5.41) is 0. The van der Waals surface area contributed by atoms with Gasteiger partial charge in [0.05, 0.1) is 17.7 Å². The van der Waals surface area contributed by atoms with Crippen molar-refractivity contribution < 1.29 is 9.47 Å². The Morgan fingerprint density at radius 1 is 1.37 bits per heavy atom. The Morgan fingerprint density at radius 2 is 2.16 bits per heavy atom. The van der Waals surface area contributed by atoms with Gasteiger partial charge in [-0.25, -0.2) is 4.99 Å². The van der Waals surface area contributed by atoms with E-state index in [0.29, 0.717) is 12.4 Å². The van der Waals surface area contributed by atoms with Crippen LogP contribution in [0.3, 0.4) is 0 Å². The minimum atomic E-state index is 0.221. The molecule has 2 rings (SSSR count). The molecule has 2 N–H and O–H groups in total. The van der Waals surface area contributed by atoms with Crippen molar-refractivity contribution >= 4 is 23.1 Å². The first-order chi connectivity index (χ1) is 9.28. The van der Waals surface area contributed by atoms with Gasteiger partial charge in [0.1, 0.15) is 18.2 Å². The molecule has 0 bridgehead atoms. The number of nitrogens with two attached hydrogens (primary N) is 1. The smallest absolute Gasteiger partial charge is 0.119 e. The van der Waals surface area contributed by atoms with Gasteiger partial charge in [0.2, 0.25) is 0 Å². The summed E-state index contributed by atoms with van der Waals surface area (Å²) in [5.41, 5.74) is 6.35. The highest BCUT2D eigenvalue weighted by atomic mass is 35.5. The lowest BCUT2D eigenvalue weighted by Gasteiger charge is -2.22. The van der Waals surface area contributed by atoms with E-state index in [4.69, 9.17) is 26.8 Å². The van der Waals surface area contributed by atoms with Gasteiger partial charge in [0.15, 0.2) is 0 Å². The van der Waals surface area contributed by atoms with E-state index in [1.165, 1.54) is 6.42 Å². The first-order valence-corrected chi connectivity index (χ1v) is 7.05. The van der Waals surface area contributed by atoms with E-state index in [9.17, 15) is 0 Å². The molecule has 1 aliphatic rings. The topological polar surface area (TPSA) is 56.8 Å². The van der Waals surface area contributed by atoms with Crippen LogP contribution >= 0.6 is 11.6 Å². The molecule has 0 spiro atoms. The molecule has 1 aromatic carbocycles. The minimum Gasteiger partial charge on any atom is -0.491 e. The van der Waals surface area contributed by atoms with Crippen molar-refractivity contribution in [3.8, 4) is 5.75 Å². The number of nitrogens with zero attached hydrogens (tertiary/aromatic N) is 1. The van der Waals surface area contributed by atoms with Crippen LogP contribution in [0.25, 0.3) is 0 Å². The maximum absolute atomic E-state index is 5.70. The third kappa shape index (κ3) is 4.73. The lowest BCUT2D eigenvalue weighted by molar-refractivity contribution is -0.0110. The van der Waals surface area contributed by atoms with Gasteiger partial charge in [-0.2, -0.15) is 0 Å². The van der Waals surface area contributed by atoms with Crippen LogP contribution in [-0.4, -0.2) is 31.0 Å². The molecule has 1 unspecified atom stereocenters. The summed E-state index contributed by atoms with van der Waals surface area (Å²) < 4.78 is 11.3. The average molecular weight is 283 g/mol. The van der Waals surface area contributed by atoms with Crippen molar-refractivity contribution in [1.82, 2.24) is 0 Å². The second kappa shape index (κ2) is 7.36. The van der Waals surface area contributed by atoms with Crippen molar-refractivity contribution in [2.24, 2.45) is 10.7 Å². The number of amidine groups is 1. The number of hydrogen-bond donors (Lipinski definition) is 1. The zero-order valence-electron chi connectivity index (χ0n) is 10.8. The van der Waals surface area contributed by atoms with Crippen LogP contribution in [0, 0.1) is 0 Å². The minimum absolute atomic E-state index is 0.221. The van der Waals surface area contributed by atoms with Crippen LogP contribution in [0.4, 0.5) is 5.69 Å². The summed E-state index contributed by atoms with van der Waals surface area (Å²) in [6, 6.07) is 7.47. The Hall–Kier alpha value is -1.26. The number of halogens is 1. The van der Waals surface area contributed by atoms with Crippen LogP contribution in [-0.2, 0) is 4.74 Å². The second-order valence-electron chi connectivity index (χ2n) is 4.53. The van der Waals surface area contributed by atoms with Crippen LogP contribution < -0.4 is 10.5 Å². The fourth-order valence-corrected chi connectivity index (χ4v) is 2.00. The Morgan fingerprint density at radius 3 is 2.79 bits per heavy atom. The number of benzene rings is 1. The second-order valence-corrected chi connectivity index (χ2v) is 4.80. The predicted molar refractivity (Wildman–Crippen MR) is 77.5 cm³/mol. The fourth-order valence-electron chi connectivity index (χ4n) is 1.94. The molecular formula is C14H19ClN2O2. The number of aliphatic imine (C=N–C) groups is 1. The first-order valence-electron chi connectivity index (χ1n) is 6.51. The van der Waals surface area contributed by atoms with Crippen molar-refractivity contribution in [3.05, 3.63) is 24.3 Å². The lowest BCUT2D eigenvalue weighted by atomic mass is 10.1. The first kappa shape index (κ1) is 14.2. The molecule has 0 radical (unpaired) electrons. The van der Waals surface area contributed by atoms with E-state index in [0.717, 1.165) is 30.9 Å². The van der Waals surface area contributed by atoms with Crippen LogP contribution in [0.5, 0.6) is 5.75 Å². The predicted octanol–water partition coefficient (Wildman–Crippen LogP) is 2.86. The molecule has 0 amide bonds. The molecule has 1 fully saturated rings. The Bertz CT molecular complexity index is 414.